The fourth-order valence-electron chi connectivity index (χ4n) is 1.74. The molecule has 0 aliphatic carbocycles. The molecule has 0 amide bonds. The summed E-state index contributed by atoms with van der Waals surface area (Å²) in [4.78, 5) is 4.20. The van der Waals surface area contributed by atoms with Gasteiger partial charge in [-0.2, -0.15) is 5.26 Å². The van der Waals surface area contributed by atoms with Crippen molar-refractivity contribution in [2.45, 2.75) is 18.0 Å². The number of benzene rings is 1. The Labute approximate surface area is 117 Å². The Morgan fingerprint density at radius 2 is 2.20 bits per heavy atom. The fraction of sp³-hybridized carbons (Fsp3) is 0.231. The summed E-state index contributed by atoms with van der Waals surface area (Å²) < 4.78 is 26.1. The third-order valence-electron chi connectivity index (χ3n) is 2.84. The van der Waals surface area contributed by atoms with E-state index in [1.807, 2.05) is 6.07 Å². The highest BCUT2D eigenvalue weighted by Gasteiger charge is 2.15. The van der Waals surface area contributed by atoms with Crippen LogP contribution < -0.4 is 5.73 Å². The third-order valence-corrected chi connectivity index (χ3v) is 4.53. The maximum atomic E-state index is 12.2. The highest BCUT2D eigenvalue weighted by molar-refractivity contribution is 7.91. The maximum Gasteiger partial charge on any atom is 0.180 e. The van der Waals surface area contributed by atoms with Crippen LogP contribution in [0.3, 0.4) is 0 Å². The number of aromatic nitrogens is 2. The molecule has 0 fully saturated rings. The van der Waals surface area contributed by atoms with Crippen LogP contribution in [-0.2, 0) is 22.9 Å². The highest BCUT2D eigenvalue weighted by Crippen LogP contribution is 2.13. The Hall–Kier alpha value is -2.17. The molecule has 0 bridgehead atoms. The average molecular weight is 290 g/mol. The molecule has 1 aromatic heterocycles. The second kappa shape index (κ2) is 5.86. The predicted octanol–water partition coefficient (Wildman–Crippen LogP) is 0.687. The molecule has 104 valence electrons. The van der Waals surface area contributed by atoms with Gasteiger partial charge >= 0.3 is 0 Å². The molecule has 20 heavy (non-hydrogen) atoms. The van der Waals surface area contributed by atoms with Crippen molar-refractivity contribution in [3.63, 3.8) is 0 Å². The van der Waals surface area contributed by atoms with Gasteiger partial charge in [0.2, 0.25) is 0 Å². The van der Waals surface area contributed by atoms with Crippen molar-refractivity contribution in [3.8, 4) is 6.07 Å². The van der Waals surface area contributed by atoms with Gasteiger partial charge in [0, 0.05) is 19.3 Å². The summed E-state index contributed by atoms with van der Waals surface area (Å²) in [6.07, 6.45) is 3.28. The van der Waals surface area contributed by atoms with E-state index >= 15 is 0 Å². The Kier molecular flexibility index (Phi) is 4.17. The molecule has 2 aromatic rings. The van der Waals surface area contributed by atoms with E-state index in [-0.39, 0.29) is 10.6 Å². The van der Waals surface area contributed by atoms with Crippen LogP contribution in [0.25, 0.3) is 0 Å². The zero-order valence-corrected chi connectivity index (χ0v) is 11.5. The molecule has 2 N–H and O–H groups in total. The first-order valence-electron chi connectivity index (χ1n) is 5.99. The van der Waals surface area contributed by atoms with Gasteiger partial charge in [-0.1, -0.05) is 6.07 Å². The van der Waals surface area contributed by atoms with Gasteiger partial charge < -0.3 is 10.3 Å². The van der Waals surface area contributed by atoms with Gasteiger partial charge in [-0.05, 0) is 18.2 Å². The van der Waals surface area contributed by atoms with Crippen LogP contribution in [0.5, 0.6) is 0 Å². The molecule has 0 radical (unpaired) electrons. The summed E-state index contributed by atoms with van der Waals surface area (Å²) >= 11 is 0. The molecular weight excluding hydrogens is 276 g/mol. The quantitative estimate of drug-likeness (QED) is 0.872. The molecular formula is C13H14N4O2S. The number of rotatable bonds is 5. The summed E-state index contributed by atoms with van der Waals surface area (Å²) in [5, 5.41) is 8.80. The largest absolute Gasteiger partial charge is 0.336 e. The monoisotopic (exact) mass is 290 g/mol. The minimum Gasteiger partial charge on any atom is -0.336 e. The Balaban J connectivity index is 2.13. The van der Waals surface area contributed by atoms with E-state index in [9.17, 15) is 8.42 Å². The second-order valence-corrected chi connectivity index (χ2v) is 6.37. The van der Waals surface area contributed by atoms with E-state index < -0.39 is 9.84 Å². The average Bonchev–Trinajstić information content (AvgIpc) is 2.93. The number of aryl methyl sites for hydroxylation is 1. The zero-order chi connectivity index (χ0) is 14.6. The van der Waals surface area contributed by atoms with Crippen LogP contribution in [0.15, 0.2) is 41.7 Å². The Bertz CT molecular complexity index is 744. The number of hydrogen-bond donors (Lipinski definition) is 1. The molecule has 6 nitrogen and oxygen atoms in total. The van der Waals surface area contributed by atoms with Gasteiger partial charge in [-0.25, -0.2) is 13.4 Å². The van der Waals surface area contributed by atoms with E-state index in [0.717, 1.165) is 0 Å². The van der Waals surface area contributed by atoms with Crippen LogP contribution in [0.4, 0.5) is 0 Å². The van der Waals surface area contributed by atoms with Gasteiger partial charge in [0.1, 0.15) is 0 Å². The summed E-state index contributed by atoms with van der Waals surface area (Å²) in [7, 11) is -3.42. The minimum absolute atomic E-state index is 0.0533. The standard InChI is InChI=1S/C13H14N4O2S/c14-7-11-2-1-3-13(6-11)20(18,19)5-4-17-9-12(8-15)16-10-17/h1-3,6,9-10H,4-5,8,15H2. The highest BCUT2D eigenvalue weighted by atomic mass is 32.2. The number of nitriles is 1. The molecule has 2 rings (SSSR count). The summed E-state index contributed by atoms with van der Waals surface area (Å²) in [6.45, 7) is 0.621. The van der Waals surface area contributed by atoms with Crippen molar-refractivity contribution in [3.05, 3.63) is 48.0 Å². The van der Waals surface area contributed by atoms with Crippen molar-refractivity contribution in [1.29, 1.82) is 5.26 Å². The predicted molar refractivity (Wildman–Crippen MR) is 73.3 cm³/mol. The van der Waals surface area contributed by atoms with Gasteiger partial charge in [0.05, 0.1) is 34.3 Å². The molecule has 0 saturated carbocycles. The molecule has 0 unspecified atom stereocenters. The first-order valence-corrected chi connectivity index (χ1v) is 7.64. The number of nitrogens with two attached hydrogens (primary N) is 1. The molecule has 7 heteroatoms. The van der Waals surface area contributed by atoms with E-state index in [1.165, 1.54) is 12.1 Å². The lowest BCUT2D eigenvalue weighted by Gasteiger charge is -2.05. The van der Waals surface area contributed by atoms with Gasteiger partial charge in [0.25, 0.3) is 0 Å². The zero-order valence-electron chi connectivity index (χ0n) is 10.7. The molecule has 0 aliphatic rings. The SMILES string of the molecule is N#Cc1cccc(S(=O)(=O)CCn2cnc(CN)c2)c1. The van der Waals surface area contributed by atoms with Crippen LogP contribution >= 0.6 is 0 Å². The topological polar surface area (TPSA) is 102 Å². The summed E-state index contributed by atoms with van der Waals surface area (Å²) in [5.74, 6) is -0.0533. The Morgan fingerprint density at radius 1 is 1.40 bits per heavy atom. The normalized spacial score (nSPS) is 11.2. The molecule has 0 atom stereocenters. The first-order chi connectivity index (χ1) is 9.55. The third kappa shape index (κ3) is 3.23. The van der Waals surface area contributed by atoms with Crippen LogP contribution in [0, 0.1) is 11.3 Å². The number of hydrogen-bond acceptors (Lipinski definition) is 5. The number of imidazole rings is 1. The fourth-order valence-corrected chi connectivity index (χ4v) is 3.02. The van der Waals surface area contributed by atoms with Crippen molar-refractivity contribution in [2.24, 2.45) is 5.73 Å². The lowest BCUT2D eigenvalue weighted by Crippen LogP contribution is -2.12. The lowest BCUT2D eigenvalue weighted by molar-refractivity contribution is 0.588. The van der Waals surface area contributed by atoms with Crippen LogP contribution in [0.2, 0.25) is 0 Å². The minimum atomic E-state index is -3.42. The molecule has 0 aliphatic heterocycles. The Morgan fingerprint density at radius 3 is 2.85 bits per heavy atom. The van der Waals surface area contributed by atoms with Crippen LogP contribution in [-0.4, -0.2) is 23.7 Å². The summed E-state index contributed by atoms with van der Waals surface area (Å²) in [6, 6.07) is 7.95. The molecule has 0 saturated heterocycles. The second-order valence-electron chi connectivity index (χ2n) is 4.27. The van der Waals surface area contributed by atoms with E-state index in [2.05, 4.69) is 4.98 Å². The van der Waals surface area contributed by atoms with Crippen molar-refractivity contribution < 1.29 is 8.42 Å². The van der Waals surface area contributed by atoms with E-state index in [1.54, 1.807) is 29.2 Å². The first kappa shape index (κ1) is 14.2. The maximum absolute atomic E-state index is 12.2. The smallest absolute Gasteiger partial charge is 0.180 e. The molecule has 1 aromatic carbocycles. The summed E-state index contributed by atoms with van der Waals surface area (Å²) in [5.41, 5.74) is 6.49. The number of nitrogens with zero attached hydrogens (tertiary/aromatic N) is 3. The number of sulfone groups is 1. The lowest BCUT2D eigenvalue weighted by atomic mass is 10.2. The van der Waals surface area contributed by atoms with E-state index in [4.69, 9.17) is 11.0 Å². The van der Waals surface area contributed by atoms with Crippen molar-refractivity contribution in [1.82, 2.24) is 9.55 Å². The van der Waals surface area contributed by atoms with Gasteiger partial charge in [-0.3, -0.25) is 0 Å². The van der Waals surface area contributed by atoms with Crippen molar-refractivity contribution >= 4 is 9.84 Å². The molecule has 1 heterocycles. The van der Waals surface area contributed by atoms with Gasteiger partial charge in [0.15, 0.2) is 9.84 Å². The molecule has 0 spiro atoms. The van der Waals surface area contributed by atoms with Crippen LogP contribution in [0.1, 0.15) is 11.3 Å². The van der Waals surface area contributed by atoms with E-state index in [0.29, 0.717) is 24.3 Å². The van der Waals surface area contributed by atoms with Crippen molar-refractivity contribution in [2.75, 3.05) is 5.75 Å². The van der Waals surface area contributed by atoms with Gasteiger partial charge in [-0.15, -0.1) is 0 Å².